The van der Waals surface area contributed by atoms with Crippen LogP contribution in [0.25, 0.3) is 16.9 Å². The minimum absolute atomic E-state index is 0.0408. The highest BCUT2D eigenvalue weighted by molar-refractivity contribution is 6.30. The van der Waals surface area contributed by atoms with Crippen molar-refractivity contribution in [1.29, 1.82) is 0 Å². The van der Waals surface area contributed by atoms with Gasteiger partial charge >= 0.3 is 11.9 Å². The summed E-state index contributed by atoms with van der Waals surface area (Å²) >= 11 is 6.18. The highest BCUT2D eigenvalue weighted by Crippen LogP contribution is 2.31. The fourth-order valence-corrected chi connectivity index (χ4v) is 3.69. The van der Waals surface area contributed by atoms with E-state index in [4.69, 9.17) is 30.5 Å². The molecule has 1 N–H and O–H groups in total. The molecule has 0 aliphatic rings. The Morgan fingerprint density at radius 2 is 1.67 bits per heavy atom. The molecule has 36 heavy (non-hydrogen) atoms. The Morgan fingerprint density at radius 1 is 0.972 bits per heavy atom. The summed E-state index contributed by atoms with van der Waals surface area (Å²) in [4.78, 5) is 29.3. The topological polar surface area (TPSA) is 100 Å². The predicted molar refractivity (Wildman–Crippen MR) is 135 cm³/mol. The van der Waals surface area contributed by atoms with Crippen molar-refractivity contribution < 1.29 is 28.5 Å². The second-order valence-electron chi connectivity index (χ2n) is 7.56. The van der Waals surface area contributed by atoms with Crippen LogP contribution in [-0.4, -0.2) is 48.7 Å². The Bertz CT molecular complexity index is 1380. The first-order valence-corrected chi connectivity index (χ1v) is 11.4. The van der Waals surface area contributed by atoms with Crippen LogP contribution in [0.2, 0.25) is 5.02 Å². The van der Waals surface area contributed by atoms with E-state index in [-0.39, 0.29) is 18.7 Å². The second-order valence-corrected chi connectivity index (χ2v) is 7.99. The first-order valence-electron chi connectivity index (χ1n) is 11.0. The second kappa shape index (κ2) is 11.0. The maximum atomic E-state index is 12.7. The van der Waals surface area contributed by atoms with Crippen LogP contribution in [0.1, 0.15) is 17.3 Å². The predicted octanol–water partition coefficient (Wildman–Crippen LogP) is 4.87. The number of nitrogens with one attached hydrogen (secondary N) is 1. The summed E-state index contributed by atoms with van der Waals surface area (Å²) in [7, 11) is 3.01. The molecule has 2 aromatic carbocycles. The van der Waals surface area contributed by atoms with Gasteiger partial charge in [0, 0.05) is 17.8 Å². The third-order valence-electron chi connectivity index (χ3n) is 5.21. The molecule has 0 saturated heterocycles. The lowest BCUT2D eigenvalue weighted by atomic mass is 10.1. The van der Waals surface area contributed by atoms with Crippen molar-refractivity contribution in [2.75, 3.05) is 32.7 Å². The van der Waals surface area contributed by atoms with Gasteiger partial charge in [-0.25, -0.2) is 9.78 Å². The molecule has 0 aliphatic carbocycles. The van der Waals surface area contributed by atoms with Crippen LogP contribution in [0.3, 0.4) is 0 Å². The summed E-state index contributed by atoms with van der Waals surface area (Å²) < 4.78 is 22.7. The Morgan fingerprint density at radius 3 is 2.31 bits per heavy atom. The molecule has 0 amide bonds. The number of pyridine rings is 1. The molecule has 2 heterocycles. The zero-order chi connectivity index (χ0) is 25.7. The fourth-order valence-electron chi connectivity index (χ4n) is 3.53. The van der Waals surface area contributed by atoms with E-state index in [0.29, 0.717) is 39.4 Å². The maximum Gasteiger partial charge on any atom is 0.343 e. The van der Waals surface area contributed by atoms with Crippen LogP contribution in [0.4, 0.5) is 5.82 Å². The van der Waals surface area contributed by atoms with Crippen molar-refractivity contribution in [1.82, 2.24) is 9.38 Å². The number of aromatic nitrogens is 2. The van der Waals surface area contributed by atoms with E-state index in [9.17, 15) is 9.59 Å². The van der Waals surface area contributed by atoms with Crippen LogP contribution in [0.15, 0.2) is 60.8 Å². The van der Waals surface area contributed by atoms with E-state index in [1.807, 2.05) is 0 Å². The number of nitrogens with zero attached hydrogens (tertiary/aromatic N) is 2. The summed E-state index contributed by atoms with van der Waals surface area (Å²) in [5, 5.41) is 3.61. The van der Waals surface area contributed by atoms with Gasteiger partial charge < -0.3 is 24.3 Å². The minimum atomic E-state index is -0.556. The number of carbonyl (C=O) groups is 2. The molecular formula is C26H24ClN3O6. The van der Waals surface area contributed by atoms with Gasteiger partial charge in [-0.3, -0.25) is 9.20 Å². The quantitative estimate of drug-likeness (QED) is 0.252. The third-order valence-corrected chi connectivity index (χ3v) is 5.44. The fraction of sp³-hybridized carbons (Fsp3) is 0.192. The first kappa shape index (κ1) is 24.9. The zero-order valence-electron chi connectivity index (χ0n) is 19.9. The van der Waals surface area contributed by atoms with Crippen molar-refractivity contribution in [3.8, 4) is 28.5 Å². The Balaban J connectivity index is 1.59. The van der Waals surface area contributed by atoms with Gasteiger partial charge in [-0.2, -0.15) is 0 Å². The van der Waals surface area contributed by atoms with Crippen LogP contribution >= 0.6 is 11.6 Å². The smallest absolute Gasteiger partial charge is 0.343 e. The third kappa shape index (κ3) is 5.52. The lowest BCUT2D eigenvalue weighted by molar-refractivity contribution is -0.140. The average Bonchev–Trinajstić information content (AvgIpc) is 3.25. The number of methoxy groups -OCH3 is 2. The number of rotatable bonds is 9. The monoisotopic (exact) mass is 509 g/mol. The van der Waals surface area contributed by atoms with Crippen LogP contribution in [0, 0.1) is 0 Å². The summed E-state index contributed by atoms with van der Waals surface area (Å²) in [6.45, 7) is 1.99. The van der Waals surface area contributed by atoms with Crippen molar-refractivity contribution in [3.63, 3.8) is 0 Å². The lowest BCUT2D eigenvalue weighted by Gasteiger charge is -2.10. The van der Waals surface area contributed by atoms with Crippen molar-refractivity contribution >= 4 is 35.0 Å². The molecule has 0 unspecified atom stereocenters. The average molecular weight is 510 g/mol. The molecule has 0 radical (unpaired) electrons. The van der Waals surface area contributed by atoms with E-state index >= 15 is 0 Å². The number of anilines is 1. The molecule has 0 fully saturated rings. The van der Waals surface area contributed by atoms with Gasteiger partial charge in [0.25, 0.3) is 0 Å². The van der Waals surface area contributed by atoms with E-state index in [2.05, 4.69) is 10.3 Å². The van der Waals surface area contributed by atoms with Crippen molar-refractivity contribution in [2.45, 2.75) is 6.92 Å². The number of carbonyl (C=O) groups excluding carboxylic acids is 2. The molecule has 0 spiro atoms. The van der Waals surface area contributed by atoms with Gasteiger partial charge in [-0.1, -0.05) is 11.6 Å². The number of ether oxygens (including phenoxy) is 4. The molecule has 0 aliphatic heterocycles. The van der Waals surface area contributed by atoms with Gasteiger partial charge in [0.15, 0.2) is 0 Å². The molecule has 0 bridgehead atoms. The molecule has 0 saturated carbocycles. The summed E-state index contributed by atoms with van der Waals surface area (Å²) in [6, 6.07) is 15.2. The van der Waals surface area contributed by atoms with Gasteiger partial charge in [-0.05, 0) is 55.5 Å². The van der Waals surface area contributed by atoms with Gasteiger partial charge in [0.1, 0.15) is 41.0 Å². The maximum absolute atomic E-state index is 12.7. The molecular weight excluding hydrogens is 486 g/mol. The summed E-state index contributed by atoms with van der Waals surface area (Å²) in [5.41, 5.74) is 2.27. The van der Waals surface area contributed by atoms with E-state index in [1.54, 1.807) is 72.1 Å². The van der Waals surface area contributed by atoms with Crippen LogP contribution in [-0.2, 0) is 9.53 Å². The minimum Gasteiger partial charge on any atom is -0.497 e. The number of imidazole rings is 1. The number of benzene rings is 2. The van der Waals surface area contributed by atoms with Gasteiger partial charge in [-0.15, -0.1) is 0 Å². The molecule has 4 aromatic rings. The zero-order valence-corrected chi connectivity index (χ0v) is 20.7. The van der Waals surface area contributed by atoms with Crippen LogP contribution < -0.4 is 19.5 Å². The Hall–Kier alpha value is -4.24. The Kier molecular flexibility index (Phi) is 7.60. The number of fused-ring (bicyclic) bond motifs is 1. The molecule has 4 rings (SSSR count). The standard InChI is InChI=1S/C26H24ClN3O6/c1-4-35-23(31)14-28-25-24(29-22-10-7-18(27)15-30(22)25)16-5-8-19(9-6-16)36-26(32)17-11-20(33-2)13-21(12-17)34-3/h5-13,15,28H,4,14H2,1-3H3. The summed E-state index contributed by atoms with van der Waals surface area (Å²) in [5.74, 6) is 0.932. The molecule has 0 atom stereocenters. The molecule has 9 nitrogen and oxygen atoms in total. The normalized spacial score (nSPS) is 10.7. The van der Waals surface area contributed by atoms with Crippen LogP contribution in [0.5, 0.6) is 17.2 Å². The number of esters is 2. The van der Waals surface area contributed by atoms with Gasteiger partial charge in [0.05, 0.1) is 31.4 Å². The highest BCUT2D eigenvalue weighted by atomic mass is 35.5. The van der Waals surface area contributed by atoms with E-state index in [0.717, 1.165) is 5.56 Å². The van der Waals surface area contributed by atoms with Crippen molar-refractivity contribution in [3.05, 3.63) is 71.4 Å². The largest absolute Gasteiger partial charge is 0.497 e. The van der Waals surface area contributed by atoms with E-state index < -0.39 is 11.9 Å². The SMILES string of the molecule is CCOC(=O)CNc1c(-c2ccc(OC(=O)c3cc(OC)cc(OC)c3)cc2)nc2ccc(Cl)cn12. The van der Waals surface area contributed by atoms with E-state index in [1.165, 1.54) is 14.2 Å². The van der Waals surface area contributed by atoms with Crippen molar-refractivity contribution in [2.24, 2.45) is 0 Å². The first-order chi connectivity index (χ1) is 17.4. The molecule has 186 valence electrons. The number of halogens is 1. The number of hydrogen-bond donors (Lipinski definition) is 1. The molecule has 2 aromatic heterocycles. The lowest BCUT2D eigenvalue weighted by Crippen LogP contribution is -2.17. The molecule has 10 heteroatoms. The Labute approximate surface area is 212 Å². The summed E-state index contributed by atoms with van der Waals surface area (Å²) in [6.07, 6.45) is 1.71. The highest BCUT2D eigenvalue weighted by Gasteiger charge is 2.17. The number of hydrogen-bond acceptors (Lipinski definition) is 8. The van der Waals surface area contributed by atoms with Gasteiger partial charge in [0.2, 0.25) is 0 Å².